The molecule has 0 bridgehead atoms. The first kappa shape index (κ1) is 22.2. The first-order valence-electron chi connectivity index (χ1n) is 11.3. The second kappa shape index (κ2) is 10.5. The Morgan fingerprint density at radius 1 is 1.23 bits per heavy atom. The maximum atomic E-state index is 12.3. The number of carbonyl (C=O) groups is 2. The Labute approximate surface area is 186 Å². The predicted octanol–water partition coefficient (Wildman–Crippen LogP) is 3.50. The smallest absolute Gasteiger partial charge is 0.226 e. The van der Waals surface area contributed by atoms with E-state index in [1.54, 1.807) is 17.4 Å². The second-order valence-corrected chi connectivity index (χ2v) is 9.66. The quantitative estimate of drug-likeness (QED) is 0.406. The molecule has 8 heteroatoms. The van der Waals surface area contributed by atoms with Crippen LogP contribution in [-0.2, 0) is 4.79 Å². The Kier molecular flexibility index (Phi) is 7.53. The number of carbonyl (C=O) groups excluding carboxylic acids is 2. The Morgan fingerprint density at radius 3 is 2.81 bits per heavy atom. The Hall–Kier alpha value is -2.03. The van der Waals surface area contributed by atoms with Gasteiger partial charge < -0.3 is 19.8 Å². The molecule has 1 amide bonds. The number of unbranched alkanes of at least 4 members (excludes halogenated alkanes) is 3. The molecule has 1 aliphatic carbocycles. The first-order chi connectivity index (χ1) is 15.1. The van der Waals surface area contributed by atoms with E-state index in [4.69, 9.17) is 4.52 Å². The van der Waals surface area contributed by atoms with E-state index in [0.717, 1.165) is 69.5 Å². The largest absolute Gasteiger partial charge is 0.391 e. The van der Waals surface area contributed by atoms with E-state index in [2.05, 4.69) is 15.4 Å². The van der Waals surface area contributed by atoms with Crippen molar-refractivity contribution in [1.82, 2.24) is 15.4 Å². The summed E-state index contributed by atoms with van der Waals surface area (Å²) in [5, 5.41) is 18.7. The molecule has 0 aromatic carbocycles. The normalized spacial score (nSPS) is 21.8. The highest BCUT2D eigenvalue weighted by atomic mass is 32.1. The van der Waals surface area contributed by atoms with E-state index >= 15 is 0 Å². The number of rotatable bonds is 11. The zero-order valence-electron chi connectivity index (χ0n) is 17.8. The zero-order chi connectivity index (χ0) is 21.6. The van der Waals surface area contributed by atoms with Gasteiger partial charge in [0.05, 0.1) is 22.9 Å². The SMILES string of the molecule is O=C(CCCCCCN1CC(C(=O)NC2CCCC2O)C1)c1cc(-c2cccs2)on1. The van der Waals surface area contributed by atoms with Gasteiger partial charge in [0.2, 0.25) is 5.91 Å². The number of hydrogen-bond donors (Lipinski definition) is 2. The van der Waals surface area contributed by atoms with E-state index in [0.29, 0.717) is 17.9 Å². The van der Waals surface area contributed by atoms with Gasteiger partial charge in [0.25, 0.3) is 0 Å². The summed E-state index contributed by atoms with van der Waals surface area (Å²) in [6.45, 7) is 2.62. The maximum Gasteiger partial charge on any atom is 0.226 e. The van der Waals surface area contributed by atoms with Gasteiger partial charge in [0.15, 0.2) is 11.5 Å². The number of aliphatic hydroxyl groups excluding tert-OH is 1. The fourth-order valence-corrected chi connectivity index (χ4v) is 5.05. The molecule has 0 spiro atoms. The van der Waals surface area contributed by atoms with Crippen molar-refractivity contribution >= 4 is 23.0 Å². The van der Waals surface area contributed by atoms with Crippen LogP contribution in [0.15, 0.2) is 28.1 Å². The molecule has 2 unspecified atom stereocenters. The molecule has 3 heterocycles. The molecule has 7 nitrogen and oxygen atoms in total. The third kappa shape index (κ3) is 5.81. The molecule has 1 saturated carbocycles. The molecule has 2 aromatic rings. The summed E-state index contributed by atoms with van der Waals surface area (Å²) in [5.41, 5.74) is 0.415. The Morgan fingerprint density at radius 2 is 2.06 bits per heavy atom. The minimum atomic E-state index is -0.376. The van der Waals surface area contributed by atoms with Gasteiger partial charge in [-0.25, -0.2) is 0 Å². The van der Waals surface area contributed by atoms with Crippen LogP contribution in [0.2, 0.25) is 0 Å². The number of ketones is 1. The van der Waals surface area contributed by atoms with Crippen molar-refractivity contribution in [2.75, 3.05) is 19.6 Å². The van der Waals surface area contributed by atoms with Crippen LogP contribution in [0.4, 0.5) is 0 Å². The molecule has 2 aromatic heterocycles. The molecule has 2 fully saturated rings. The molecular formula is C23H31N3O4S. The topological polar surface area (TPSA) is 95.7 Å². The fourth-order valence-electron chi connectivity index (χ4n) is 4.37. The van der Waals surface area contributed by atoms with Crippen molar-refractivity contribution in [3.8, 4) is 10.6 Å². The summed E-state index contributed by atoms with van der Waals surface area (Å²) in [4.78, 5) is 27.8. The zero-order valence-corrected chi connectivity index (χ0v) is 18.6. The summed E-state index contributed by atoms with van der Waals surface area (Å²) in [6.07, 6.45) is 6.82. The minimum Gasteiger partial charge on any atom is -0.391 e. The van der Waals surface area contributed by atoms with Gasteiger partial charge in [-0.05, 0) is 50.1 Å². The van der Waals surface area contributed by atoms with E-state index in [9.17, 15) is 14.7 Å². The standard InChI is InChI=1S/C23H31N3O4S/c27-19-9-5-7-17(19)24-23(29)16-14-26(15-16)11-4-2-1-3-8-20(28)18-13-21(30-25-18)22-10-6-12-31-22/h6,10,12-13,16-17,19,27H,1-5,7-9,11,14-15H2,(H,24,29). The molecule has 31 heavy (non-hydrogen) atoms. The van der Waals surface area contributed by atoms with Gasteiger partial charge >= 0.3 is 0 Å². The third-order valence-electron chi connectivity index (χ3n) is 6.32. The second-order valence-electron chi connectivity index (χ2n) is 8.71. The number of thiophene rings is 1. The third-order valence-corrected chi connectivity index (χ3v) is 7.21. The molecular weight excluding hydrogens is 414 g/mol. The van der Waals surface area contributed by atoms with Gasteiger partial charge in [-0.3, -0.25) is 9.59 Å². The van der Waals surface area contributed by atoms with Crippen molar-refractivity contribution in [3.05, 3.63) is 29.3 Å². The monoisotopic (exact) mass is 445 g/mol. The number of hydrogen-bond acceptors (Lipinski definition) is 7. The van der Waals surface area contributed by atoms with Crippen molar-refractivity contribution in [1.29, 1.82) is 0 Å². The lowest BCUT2D eigenvalue weighted by molar-refractivity contribution is -0.131. The van der Waals surface area contributed by atoms with Crippen molar-refractivity contribution in [3.63, 3.8) is 0 Å². The number of nitrogens with one attached hydrogen (secondary N) is 1. The van der Waals surface area contributed by atoms with Crippen LogP contribution in [0.1, 0.15) is 61.9 Å². The highest BCUT2D eigenvalue weighted by Gasteiger charge is 2.35. The summed E-state index contributed by atoms with van der Waals surface area (Å²) in [7, 11) is 0. The lowest BCUT2D eigenvalue weighted by atomic mass is 9.97. The molecule has 1 aliphatic heterocycles. The maximum absolute atomic E-state index is 12.3. The Balaban J connectivity index is 1.04. The minimum absolute atomic E-state index is 0.0375. The molecule has 168 valence electrons. The van der Waals surface area contributed by atoms with Crippen molar-refractivity contribution < 1.29 is 19.2 Å². The highest BCUT2D eigenvalue weighted by molar-refractivity contribution is 7.13. The Bertz CT molecular complexity index is 860. The fraction of sp³-hybridized carbons (Fsp3) is 0.609. The van der Waals surface area contributed by atoms with E-state index in [-0.39, 0.29) is 29.8 Å². The molecule has 0 radical (unpaired) electrons. The summed E-state index contributed by atoms with van der Waals surface area (Å²) >= 11 is 1.56. The lowest BCUT2D eigenvalue weighted by Crippen LogP contribution is -2.55. The molecule has 4 rings (SSSR count). The molecule has 1 saturated heterocycles. The number of aromatic nitrogens is 1. The average molecular weight is 446 g/mol. The summed E-state index contributed by atoms with van der Waals surface area (Å²) in [5.74, 6) is 0.845. The highest BCUT2D eigenvalue weighted by Crippen LogP contribution is 2.26. The van der Waals surface area contributed by atoms with Gasteiger partial charge in [-0.2, -0.15) is 0 Å². The predicted molar refractivity (Wildman–Crippen MR) is 119 cm³/mol. The van der Waals surface area contributed by atoms with E-state index in [1.807, 2.05) is 17.5 Å². The van der Waals surface area contributed by atoms with Crippen molar-refractivity contribution in [2.24, 2.45) is 5.92 Å². The van der Waals surface area contributed by atoms with Crippen molar-refractivity contribution in [2.45, 2.75) is 63.5 Å². The van der Waals surface area contributed by atoms with E-state index in [1.165, 1.54) is 0 Å². The van der Waals surface area contributed by atoms with Crippen LogP contribution in [0.5, 0.6) is 0 Å². The summed E-state index contributed by atoms with van der Waals surface area (Å²) < 4.78 is 5.28. The number of aliphatic hydroxyl groups is 1. The van der Waals surface area contributed by atoms with Crippen LogP contribution >= 0.6 is 11.3 Å². The van der Waals surface area contributed by atoms with Gasteiger partial charge in [-0.1, -0.05) is 24.1 Å². The number of amides is 1. The number of likely N-dealkylation sites (tertiary alicyclic amines) is 1. The van der Waals surface area contributed by atoms with Crippen LogP contribution in [0.3, 0.4) is 0 Å². The van der Waals surface area contributed by atoms with Crippen LogP contribution in [-0.4, -0.2) is 58.6 Å². The molecule has 2 N–H and O–H groups in total. The van der Waals surface area contributed by atoms with Crippen LogP contribution in [0.25, 0.3) is 10.6 Å². The number of Topliss-reactive ketones (excluding diaryl/α,β-unsaturated/α-hetero) is 1. The van der Waals surface area contributed by atoms with Crippen LogP contribution < -0.4 is 5.32 Å². The molecule has 2 atom stereocenters. The van der Waals surface area contributed by atoms with Crippen LogP contribution in [0, 0.1) is 5.92 Å². The first-order valence-corrected chi connectivity index (χ1v) is 12.2. The summed E-state index contributed by atoms with van der Waals surface area (Å²) in [6, 6.07) is 5.58. The number of nitrogens with zero attached hydrogens (tertiary/aromatic N) is 2. The van der Waals surface area contributed by atoms with E-state index < -0.39 is 0 Å². The van der Waals surface area contributed by atoms with Gasteiger partial charge in [0.1, 0.15) is 5.69 Å². The lowest BCUT2D eigenvalue weighted by Gasteiger charge is -2.38. The molecule has 2 aliphatic rings. The van der Waals surface area contributed by atoms with Gasteiger partial charge in [0, 0.05) is 25.6 Å². The average Bonchev–Trinajstić information content (AvgIpc) is 3.47. The van der Waals surface area contributed by atoms with Gasteiger partial charge in [-0.15, -0.1) is 11.3 Å².